The Labute approximate surface area is 238 Å². The van der Waals surface area contributed by atoms with Gasteiger partial charge in [0.25, 0.3) is 0 Å². The number of nitrogens with zero attached hydrogens (tertiary/aromatic N) is 7. The fourth-order valence-corrected chi connectivity index (χ4v) is 5.13. The topological polar surface area (TPSA) is 156 Å². The monoisotopic (exact) mass is 600 g/mol. The highest BCUT2D eigenvalue weighted by Crippen LogP contribution is 2.38. The molecule has 0 amide bonds. The van der Waals surface area contributed by atoms with E-state index in [-0.39, 0.29) is 33.9 Å². The summed E-state index contributed by atoms with van der Waals surface area (Å²) in [7, 11) is -1.16. The summed E-state index contributed by atoms with van der Waals surface area (Å²) >= 11 is 6.35. The van der Waals surface area contributed by atoms with E-state index in [0.717, 1.165) is 12.4 Å². The third kappa shape index (κ3) is 5.81. The van der Waals surface area contributed by atoms with Gasteiger partial charge in [0.15, 0.2) is 33.9 Å². The van der Waals surface area contributed by atoms with E-state index >= 15 is 0 Å². The van der Waals surface area contributed by atoms with Crippen LogP contribution in [-0.2, 0) is 15.8 Å². The molecule has 5 aromatic rings. The second-order valence-corrected chi connectivity index (χ2v) is 10.3. The molecule has 1 N–H and O–H groups in total. The van der Waals surface area contributed by atoms with Gasteiger partial charge >= 0.3 is 0 Å². The normalized spacial score (nSPS) is 11.4. The predicted molar refractivity (Wildman–Crippen MR) is 147 cm³/mol. The summed E-state index contributed by atoms with van der Waals surface area (Å²) in [5, 5.41) is -0.264. The number of rotatable bonds is 10. The van der Waals surface area contributed by atoms with E-state index in [1.807, 2.05) is 6.92 Å². The Bertz CT molecular complexity index is 1810. The minimum absolute atomic E-state index is 0.0892. The van der Waals surface area contributed by atoms with Gasteiger partial charge in [-0.3, -0.25) is 9.29 Å². The number of imidazole rings is 1. The molecular weight excluding hydrogens is 579 g/mol. The van der Waals surface area contributed by atoms with Crippen LogP contribution in [0.2, 0.25) is 5.15 Å². The Morgan fingerprint density at radius 1 is 0.976 bits per heavy atom. The standard InChI is InChI=1S/C25H22ClFN8O5S/c1-4-40-19-10-5-7-15(30-19)24-33-23-25(35(24)20-16(38-2)8-6-9-17(20)39-3)32-22(21(26)31-23)34-41(36,37)13-18-28-11-14(27)12-29-18/h5-12H,4,13H2,1-3H3,(H,32,34). The number of anilines is 1. The maximum Gasteiger partial charge on any atom is 0.241 e. The number of aromatic nitrogens is 7. The minimum atomic E-state index is -4.14. The maximum atomic E-state index is 13.2. The van der Waals surface area contributed by atoms with Gasteiger partial charge in [0.05, 0.1) is 33.2 Å². The molecule has 16 heteroatoms. The number of para-hydroxylation sites is 1. The van der Waals surface area contributed by atoms with Crippen molar-refractivity contribution in [1.82, 2.24) is 34.5 Å². The first-order valence-corrected chi connectivity index (χ1v) is 14.0. The molecule has 13 nitrogen and oxygen atoms in total. The zero-order valence-corrected chi connectivity index (χ0v) is 23.4. The average molecular weight is 601 g/mol. The highest BCUT2D eigenvalue weighted by atomic mass is 35.5. The summed E-state index contributed by atoms with van der Waals surface area (Å²) in [6.45, 7) is 2.24. The first-order valence-electron chi connectivity index (χ1n) is 12.0. The number of ether oxygens (including phenoxy) is 3. The summed E-state index contributed by atoms with van der Waals surface area (Å²) in [5.74, 6) is -0.324. The largest absolute Gasteiger partial charge is 0.494 e. The summed E-state index contributed by atoms with van der Waals surface area (Å²) < 4.78 is 59.7. The average Bonchev–Trinajstić information content (AvgIpc) is 3.31. The number of hydrogen-bond donors (Lipinski definition) is 1. The number of hydrogen-bond acceptors (Lipinski definition) is 11. The van der Waals surface area contributed by atoms with Crippen LogP contribution in [0.5, 0.6) is 17.4 Å². The molecule has 212 valence electrons. The molecule has 0 aliphatic rings. The molecule has 0 unspecified atom stereocenters. The van der Waals surface area contributed by atoms with E-state index < -0.39 is 21.6 Å². The van der Waals surface area contributed by atoms with Gasteiger partial charge in [0.1, 0.15) is 34.5 Å². The lowest BCUT2D eigenvalue weighted by molar-refractivity contribution is 0.327. The van der Waals surface area contributed by atoms with Crippen LogP contribution < -0.4 is 18.9 Å². The van der Waals surface area contributed by atoms with Gasteiger partial charge in [0.2, 0.25) is 15.9 Å². The third-order valence-electron chi connectivity index (χ3n) is 5.57. The highest BCUT2D eigenvalue weighted by Gasteiger charge is 2.26. The molecule has 41 heavy (non-hydrogen) atoms. The van der Waals surface area contributed by atoms with Crippen molar-refractivity contribution in [2.24, 2.45) is 0 Å². The van der Waals surface area contributed by atoms with E-state index in [4.69, 9.17) is 25.8 Å². The second kappa shape index (κ2) is 11.5. The Balaban J connectivity index is 1.70. The first kappa shape index (κ1) is 27.9. The van der Waals surface area contributed by atoms with E-state index in [2.05, 4.69) is 34.6 Å². The summed E-state index contributed by atoms with van der Waals surface area (Å²) in [6.07, 6.45) is 1.73. The lowest BCUT2D eigenvalue weighted by Crippen LogP contribution is -2.18. The SMILES string of the molecule is CCOc1cccc(-c2nc3nc(Cl)c(NS(=O)(=O)Cc4ncc(F)cn4)nc3n2-c2c(OC)cccc2OC)n1. The lowest BCUT2D eigenvalue weighted by Gasteiger charge is -2.16. The fourth-order valence-electron chi connectivity index (χ4n) is 3.91. The molecule has 0 aliphatic carbocycles. The van der Waals surface area contributed by atoms with Crippen LogP contribution in [-0.4, -0.2) is 63.7 Å². The van der Waals surface area contributed by atoms with E-state index in [1.54, 1.807) is 41.0 Å². The Morgan fingerprint density at radius 2 is 1.66 bits per heavy atom. The lowest BCUT2D eigenvalue weighted by atomic mass is 10.2. The number of pyridine rings is 1. The van der Waals surface area contributed by atoms with E-state index in [1.165, 1.54) is 14.2 Å². The van der Waals surface area contributed by atoms with Crippen molar-refractivity contribution < 1.29 is 27.0 Å². The number of nitrogens with one attached hydrogen (secondary N) is 1. The molecular formula is C25H22ClFN8O5S. The van der Waals surface area contributed by atoms with Crippen molar-refractivity contribution >= 4 is 38.7 Å². The number of fused-ring (bicyclic) bond motifs is 1. The smallest absolute Gasteiger partial charge is 0.241 e. The molecule has 0 aliphatic heterocycles. The molecule has 1 aromatic carbocycles. The number of halogens is 2. The van der Waals surface area contributed by atoms with Crippen molar-refractivity contribution in [3.63, 3.8) is 0 Å². The molecule has 0 saturated heterocycles. The Hall–Kier alpha value is -4.63. The van der Waals surface area contributed by atoms with Crippen molar-refractivity contribution in [2.75, 3.05) is 25.5 Å². The van der Waals surface area contributed by atoms with Crippen LogP contribution >= 0.6 is 11.6 Å². The molecule has 0 bridgehead atoms. The van der Waals surface area contributed by atoms with Gasteiger partial charge in [-0.15, -0.1) is 0 Å². The molecule has 0 radical (unpaired) electrons. The second-order valence-electron chi connectivity index (χ2n) is 8.26. The fraction of sp³-hybridized carbons (Fsp3) is 0.200. The Morgan fingerprint density at radius 3 is 2.32 bits per heavy atom. The molecule has 0 spiro atoms. The molecule has 4 aromatic heterocycles. The van der Waals surface area contributed by atoms with Gasteiger partial charge in [0, 0.05) is 6.07 Å². The van der Waals surface area contributed by atoms with Crippen LogP contribution in [0.25, 0.3) is 28.5 Å². The molecule has 0 fully saturated rings. The van der Waals surface area contributed by atoms with Crippen LogP contribution in [0.3, 0.4) is 0 Å². The van der Waals surface area contributed by atoms with E-state index in [0.29, 0.717) is 35.4 Å². The maximum absolute atomic E-state index is 13.2. The summed E-state index contributed by atoms with van der Waals surface area (Å²) in [4.78, 5) is 25.4. The van der Waals surface area contributed by atoms with Gasteiger partial charge < -0.3 is 14.2 Å². The quantitative estimate of drug-likeness (QED) is 0.248. The predicted octanol–water partition coefficient (Wildman–Crippen LogP) is 3.82. The van der Waals surface area contributed by atoms with Gasteiger partial charge in [-0.05, 0) is 25.1 Å². The minimum Gasteiger partial charge on any atom is -0.494 e. The van der Waals surface area contributed by atoms with Crippen LogP contribution in [0.4, 0.5) is 10.2 Å². The van der Waals surface area contributed by atoms with Crippen molar-refractivity contribution in [3.05, 3.63) is 65.6 Å². The van der Waals surface area contributed by atoms with Crippen molar-refractivity contribution in [1.29, 1.82) is 0 Å². The molecule has 5 rings (SSSR count). The third-order valence-corrected chi connectivity index (χ3v) is 6.97. The zero-order valence-electron chi connectivity index (χ0n) is 21.9. The summed E-state index contributed by atoms with van der Waals surface area (Å²) in [6, 6.07) is 10.3. The van der Waals surface area contributed by atoms with Crippen LogP contribution in [0.1, 0.15) is 12.7 Å². The zero-order chi connectivity index (χ0) is 29.1. The number of methoxy groups -OCH3 is 2. The van der Waals surface area contributed by atoms with Gasteiger partial charge in [-0.2, -0.15) is 0 Å². The first-order chi connectivity index (χ1) is 19.7. The Kier molecular flexibility index (Phi) is 7.81. The van der Waals surface area contributed by atoms with Crippen LogP contribution in [0.15, 0.2) is 48.8 Å². The summed E-state index contributed by atoms with van der Waals surface area (Å²) in [5.41, 5.74) is 1.01. The highest BCUT2D eigenvalue weighted by molar-refractivity contribution is 7.91. The number of benzene rings is 1. The van der Waals surface area contributed by atoms with E-state index in [9.17, 15) is 12.8 Å². The van der Waals surface area contributed by atoms with Gasteiger partial charge in [-0.25, -0.2) is 42.7 Å². The molecule has 0 atom stereocenters. The van der Waals surface area contributed by atoms with Crippen molar-refractivity contribution in [2.45, 2.75) is 12.7 Å². The number of sulfonamides is 1. The van der Waals surface area contributed by atoms with Gasteiger partial charge in [-0.1, -0.05) is 23.7 Å². The molecule has 0 saturated carbocycles. The molecule has 4 heterocycles. The van der Waals surface area contributed by atoms with Crippen LogP contribution in [0, 0.1) is 5.82 Å². The van der Waals surface area contributed by atoms with Crippen molar-refractivity contribution in [3.8, 4) is 34.6 Å².